The van der Waals surface area contributed by atoms with E-state index in [4.69, 9.17) is 4.74 Å². The highest BCUT2D eigenvalue weighted by molar-refractivity contribution is 5.94. The molecule has 0 bridgehead atoms. The number of hydrogen-bond acceptors (Lipinski definition) is 3. The van der Waals surface area contributed by atoms with Crippen molar-refractivity contribution in [3.05, 3.63) is 29.8 Å². The van der Waals surface area contributed by atoms with Gasteiger partial charge in [0, 0.05) is 12.0 Å². The maximum absolute atomic E-state index is 11.2. The summed E-state index contributed by atoms with van der Waals surface area (Å²) in [6.45, 7) is 3.71. The fraction of sp³-hybridized carbons (Fsp3) is 0.429. The molecule has 3 heteroatoms. The average molecular weight is 234 g/mol. The quantitative estimate of drug-likeness (QED) is 0.538. The Kier molecular flexibility index (Phi) is 5.40. The highest BCUT2D eigenvalue weighted by Gasteiger charge is 2.01. The number of rotatable bonds is 7. The third-order valence-electron chi connectivity index (χ3n) is 2.43. The van der Waals surface area contributed by atoms with Crippen LogP contribution in [-0.2, 0) is 4.79 Å². The van der Waals surface area contributed by atoms with Gasteiger partial charge in [-0.2, -0.15) is 0 Å². The van der Waals surface area contributed by atoms with Crippen LogP contribution in [0, 0.1) is 0 Å². The van der Waals surface area contributed by atoms with Gasteiger partial charge in [-0.3, -0.25) is 4.79 Å². The first-order chi connectivity index (χ1) is 8.09. The van der Waals surface area contributed by atoms with Gasteiger partial charge in [-0.25, -0.2) is 0 Å². The molecule has 92 valence electrons. The van der Waals surface area contributed by atoms with Gasteiger partial charge in [0.25, 0.3) is 0 Å². The van der Waals surface area contributed by atoms with Gasteiger partial charge in [-0.05, 0) is 38.8 Å². The van der Waals surface area contributed by atoms with Crippen LogP contribution in [0.2, 0.25) is 0 Å². The molecular formula is C14H18O3. The van der Waals surface area contributed by atoms with Gasteiger partial charge in [0.2, 0.25) is 0 Å². The van der Waals surface area contributed by atoms with Crippen molar-refractivity contribution >= 4 is 11.6 Å². The number of ether oxygens (including phenoxy) is 1. The zero-order chi connectivity index (χ0) is 12.7. The van der Waals surface area contributed by atoms with Crippen molar-refractivity contribution in [3.63, 3.8) is 0 Å². The molecule has 0 fully saturated rings. The zero-order valence-electron chi connectivity index (χ0n) is 10.4. The lowest BCUT2D eigenvalue weighted by atomic mass is 10.1. The van der Waals surface area contributed by atoms with E-state index >= 15 is 0 Å². The summed E-state index contributed by atoms with van der Waals surface area (Å²) in [5, 5.41) is 0. The molecule has 0 N–H and O–H groups in total. The van der Waals surface area contributed by atoms with Crippen LogP contribution in [0.4, 0.5) is 0 Å². The smallest absolute Gasteiger partial charge is 0.159 e. The van der Waals surface area contributed by atoms with Crippen LogP contribution in [0.3, 0.4) is 0 Å². The molecule has 0 unspecified atom stereocenters. The van der Waals surface area contributed by atoms with E-state index in [0.717, 1.165) is 12.8 Å². The molecule has 17 heavy (non-hydrogen) atoms. The molecule has 1 aromatic carbocycles. The van der Waals surface area contributed by atoms with Crippen LogP contribution < -0.4 is 4.74 Å². The third-order valence-corrected chi connectivity index (χ3v) is 2.43. The number of hydrogen-bond donors (Lipinski definition) is 0. The van der Waals surface area contributed by atoms with Crippen molar-refractivity contribution in [2.45, 2.75) is 33.1 Å². The Labute approximate surface area is 102 Å². The first-order valence-electron chi connectivity index (χ1n) is 5.83. The number of carbonyl (C=O) groups is 2. The molecule has 0 spiro atoms. The number of carbonyl (C=O) groups excluding carboxylic acids is 2. The largest absolute Gasteiger partial charge is 0.494 e. The van der Waals surface area contributed by atoms with Crippen LogP contribution in [0.1, 0.15) is 43.5 Å². The van der Waals surface area contributed by atoms with Crippen LogP contribution in [0.15, 0.2) is 24.3 Å². The summed E-state index contributed by atoms with van der Waals surface area (Å²) in [4.78, 5) is 21.9. The maximum Gasteiger partial charge on any atom is 0.159 e. The maximum atomic E-state index is 11.2. The van der Waals surface area contributed by atoms with E-state index in [9.17, 15) is 9.59 Å². The van der Waals surface area contributed by atoms with Gasteiger partial charge in [0.05, 0.1) is 6.61 Å². The van der Waals surface area contributed by atoms with Crippen molar-refractivity contribution in [1.82, 2.24) is 0 Å². The second kappa shape index (κ2) is 6.84. The molecule has 0 aromatic heterocycles. The van der Waals surface area contributed by atoms with Gasteiger partial charge in [0.1, 0.15) is 11.5 Å². The fourth-order valence-corrected chi connectivity index (χ4v) is 1.47. The van der Waals surface area contributed by atoms with Crippen molar-refractivity contribution in [2.24, 2.45) is 0 Å². The molecule has 3 nitrogen and oxygen atoms in total. The summed E-state index contributed by atoms with van der Waals surface area (Å²) in [5.41, 5.74) is 0.659. The first kappa shape index (κ1) is 13.4. The zero-order valence-corrected chi connectivity index (χ0v) is 10.4. The van der Waals surface area contributed by atoms with Gasteiger partial charge >= 0.3 is 0 Å². The van der Waals surface area contributed by atoms with E-state index in [0.29, 0.717) is 24.3 Å². The Bertz CT molecular complexity index is 396. The molecule has 0 aliphatic rings. The van der Waals surface area contributed by atoms with Gasteiger partial charge in [0.15, 0.2) is 5.78 Å². The molecule has 1 rings (SSSR count). The molecule has 0 saturated heterocycles. The summed E-state index contributed by atoms with van der Waals surface area (Å²) in [6.07, 6.45) is 2.31. The molecule has 0 aliphatic carbocycles. The van der Waals surface area contributed by atoms with Crippen molar-refractivity contribution < 1.29 is 14.3 Å². The molecule has 0 saturated carbocycles. The Balaban J connectivity index is 2.34. The minimum atomic E-state index is 0.0343. The predicted molar refractivity (Wildman–Crippen MR) is 66.5 cm³/mol. The minimum Gasteiger partial charge on any atom is -0.494 e. The number of ketones is 2. The number of benzene rings is 1. The second-order valence-electron chi connectivity index (χ2n) is 4.09. The third kappa shape index (κ3) is 5.29. The predicted octanol–water partition coefficient (Wildman–Crippen LogP) is 3.03. The highest BCUT2D eigenvalue weighted by atomic mass is 16.5. The van der Waals surface area contributed by atoms with E-state index < -0.39 is 0 Å². The Morgan fingerprint density at radius 2 is 1.94 bits per heavy atom. The van der Waals surface area contributed by atoms with E-state index in [1.165, 1.54) is 6.92 Å². The van der Waals surface area contributed by atoms with E-state index in [2.05, 4.69) is 0 Å². The Hall–Kier alpha value is -1.64. The van der Waals surface area contributed by atoms with E-state index in [1.54, 1.807) is 19.1 Å². The van der Waals surface area contributed by atoms with Crippen LogP contribution >= 0.6 is 0 Å². The summed E-state index contributed by atoms with van der Waals surface area (Å²) in [5.74, 6) is 0.955. The number of Topliss-reactive ketones (excluding diaryl/α,β-unsaturated/α-hetero) is 2. The standard InChI is InChI=1S/C14H18O3/c1-11(15)6-3-4-9-17-14-8-5-7-13(10-14)12(2)16/h5,7-8,10H,3-4,6,9H2,1-2H3. The molecule has 0 heterocycles. The van der Waals surface area contributed by atoms with Crippen LogP contribution in [-0.4, -0.2) is 18.2 Å². The average Bonchev–Trinajstić information content (AvgIpc) is 2.28. The Morgan fingerprint density at radius 1 is 1.18 bits per heavy atom. The Morgan fingerprint density at radius 3 is 2.59 bits per heavy atom. The summed E-state index contributed by atoms with van der Waals surface area (Å²) in [6, 6.07) is 7.15. The summed E-state index contributed by atoms with van der Waals surface area (Å²) < 4.78 is 5.52. The van der Waals surface area contributed by atoms with E-state index in [1.807, 2.05) is 12.1 Å². The molecule has 0 atom stereocenters. The fourth-order valence-electron chi connectivity index (χ4n) is 1.47. The van der Waals surface area contributed by atoms with Gasteiger partial charge < -0.3 is 9.53 Å². The molecule has 0 radical (unpaired) electrons. The minimum absolute atomic E-state index is 0.0343. The van der Waals surface area contributed by atoms with Crippen LogP contribution in [0.25, 0.3) is 0 Å². The number of unbranched alkanes of at least 4 members (excludes halogenated alkanes) is 1. The lowest BCUT2D eigenvalue weighted by molar-refractivity contribution is -0.117. The molecule has 0 aliphatic heterocycles. The highest BCUT2D eigenvalue weighted by Crippen LogP contribution is 2.14. The lowest BCUT2D eigenvalue weighted by Crippen LogP contribution is -2.00. The lowest BCUT2D eigenvalue weighted by Gasteiger charge is -2.06. The molecular weight excluding hydrogens is 216 g/mol. The summed E-state index contributed by atoms with van der Waals surface area (Å²) >= 11 is 0. The topological polar surface area (TPSA) is 43.4 Å². The first-order valence-corrected chi connectivity index (χ1v) is 5.83. The van der Waals surface area contributed by atoms with Crippen LogP contribution in [0.5, 0.6) is 5.75 Å². The van der Waals surface area contributed by atoms with Crippen molar-refractivity contribution in [2.75, 3.05) is 6.61 Å². The van der Waals surface area contributed by atoms with E-state index in [-0.39, 0.29) is 11.6 Å². The second-order valence-corrected chi connectivity index (χ2v) is 4.09. The normalized spacial score (nSPS) is 10.0. The van der Waals surface area contributed by atoms with Crippen molar-refractivity contribution in [3.8, 4) is 5.75 Å². The van der Waals surface area contributed by atoms with Crippen molar-refractivity contribution in [1.29, 1.82) is 0 Å². The van der Waals surface area contributed by atoms with Gasteiger partial charge in [-0.1, -0.05) is 12.1 Å². The van der Waals surface area contributed by atoms with Gasteiger partial charge in [-0.15, -0.1) is 0 Å². The molecule has 1 aromatic rings. The SMILES string of the molecule is CC(=O)CCCCOc1cccc(C(C)=O)c1. The summed E-state index contributed by atoms with van der Waals surface area (Å²) in [7, 11) is 0. The molecule has 0 amide bonds. The monoisotopic (exact) mass is 234 g/mol.